The van der Waals surface area contributed by atoms with Gasteiger partial charge in [0, 0.05) is 54.4 Å². The van der Waals surface area contributed by atoms with Crippen molar-refractivity contribution in [3.05, 3.63) is 54.4 Å². The average molecular weight is 339 g/mol. The van der Waals surface area contributed by atoms with E-state index < -0.39 is 0 Å². The maximum atomic E-state index is 13.2. The van der Waals surface area contributed by atoms with Crippen molar-refractivity contribution in [3.63, 3.8) is 0 Å². The standard InChI is InChI=1S/C19H21N3OS/c23-19(22-14-13-21-11-7-15(22)8-12-21)17-3-1-2-4-18(17)24-16-5-9-20-10-6-16/h1-6,9-10,15H,7-8,11-14H2. The Morgan fingerprint density at radius 1 is 1.00 bits per heavy atom. The Kier molecular flexibility index (Phi) is 4.54. The first-order chi connectivity index (χ1) is 11.8. The Morgan fingerprint density at radius 3 is 2.54 bits per heavy atom. The second kappa shape index (κ2) is 6.95. The Bertz CT molecular complexity index is 714. The molecule has 0 atom stereocenters. The molecule has 0 saturated carbocycles. The lowest BCUT2D eigenvalue weighted by atomic mass is 10.0. The van der Waals surface area contributed by atoms with E-state index in [9.17, 15) is 4.79 Å². The van der Waals surface area contributed by atoms with Crippen molar-refractivity contribution < 1.29 is 4.79 Å². The molecule has 0 unspecified atom stereocenters. The molecule has 0 aliphatic carbocycles. The second-order valence-electron chi connectivity index (χ2n) is 6.35. The first kappa shape index (κ1) is 15.7. The van der Waals surface area contributed by atoms with E-state index in [0.717, 1.165) is 54.4 Å². The molecule has 1 aromatic heterocycles. The molecule has 5 rings (SSSR count). The molecule has 0 N–H and O–H groups in total. The maximum Gasteiger partial charge on any atom is 0.255 e. The van der Waals surface area contributed by atoms with Crippen molar-refractivity contribution in [2.75, 3.05) is 26.2 Å². The summed E-state index contributed by atoms with van der Waals surface area (Å²) < 4.78 is 0. The third-order valence-corrected chi connectivity index (χ3v) is 5.99. The van der Waals surface area contributed by atoms with Gasteiger partial charge in [-0.15, -0.1) is 0 Å². The number of hydrogen-bond donors (Lipinski definition) is 0. The number of benzene rings is 1. The summed E-state index contributed by atoms with van der Waals surface area (Å²) in [5, 5.41) is 0. The summed E-state index contributed by atoms with van der Waals surface area (Å²) in [6.45, 7) is 4.10. The van der Waals surface area contributed by atoms with Crippen molar-refractivity contribution in [3.8, 4) is 0 Å². The van der Waals surface area contributed by atoms with Gasteiger partial charge in [-0.1, -0.05) is 23.9 Å². The Hall–Kier alpha value is -1.85. The van der Waals surface area contributed by atoms with Gasteiger partial charge in [0.2, 0.25) is 0 Å². The number of amides is 1. The quantitative estimate of drug-likeness (QED) is 0.861. The molecule has 124 valence electrons. The van der Waals surface area contributed by atoms with E-state index in [1.807, 2.05) is 36.4 Å². The fourth-order valence-corrected chi connectivity index (χ4v) is 4.50. The minimum Gasteiger partial charge on any atom is -0.334 e. The van der Waals surface area contributed by atoms with Gasteiger partial charge in [0.05, 0.1) is 5.56 Å². The largest absolute Gasteiger partial charge is 0.334 e. The number of rotatable bonds is 3. The molecular formula is C19H21N3OS. The summed E-state index contributed by atoms with van der Waals surface area (Å²) in [5.74, 6) is 0.181. The topological polar surface area (TPSA) is 36.4 Å². The highest BCUT2D eigenvalue weighted by atomic mass is 32.2. The van der Waals surface area contributed by atoms with Crippen LogP contribution in [0.1, 0.15) is 23.2 Å². The van der Waals surface area contributed by atoms with E-state index in [1.165, 1.54) is 0 Å². The van der Waals surface area contributed by atoms with Crippen LogP contribution in [0.3, 0.4) is 0 Å². The number of carbonyl (C=O) groups excluding carboxylic acids is 1. The third kappa shape index (κ3) is 3.19. The van der Waals surface area contributed by atoms with Crippen LogP contribution in [0.15, 0.2) is 58.6 Å². The summed E-state index contributed by atoms with van der Waals surface area (Å²) in [7, 11) is 0. The number of aromatic nitrogens is 1. The molecule has 4 heterocycles. The average Bonchev–Trinajstić information content (AvgIpc) is 2.96. The van der Waals surface area contributed by atoms with E-state index in [2.05, 4.69) is 14.8 Å². The van der Waals surface area contributed by atoms with Crippen LogP contribution in [0, 0.1) is 0 Å². The zero-order valence-electron chi connectivity index (χ0n) is 13.6. The van der Waals surface area contributed by atoms with Crippen molar-refractivity contribution >= 4 is 17.7 Å². The molecule has 3 aliphatic rings. The molecule has 3 fully saturated rings. The highest BCUT2D eigenvalue weighted by molar-refractivity contribution is 7.99. The molecule has 1 aromatic carbocycles. The zero-order valence-corrected chi connectivity index (χ0v) is 14.4. The van der Waals surface area contributed by atoms with E-state index in [4.69, 9.17) is 0 Å². The first-order valence-electron chi connectivity index (χ1n) is 8.51. The number of fused-ring (bicyclic) bond motifs is 4. The zero-order chi connectivity index (χ0) is 16.4. The molecular weight excluding hydrogens is 318 g/mol. The lowest BCUT2D eigenvalue weighted by Gasteiger charge is -2.31. The van der Waals surface area contributed by atoms with Gasteiger partial charge in [-0.3, -0.25) is 9.78 Å². The fourth-order valence-electron chi connectivity index (χ4n) is 3.57. The Balaban J connectivity index is 1.60. The van der Waals surface area contributed by atoms with Gasteiger partial charge in [-0.2, -0.15) is 0 Å². The van der Waals surface area contributed by atoms with E-state index in [0.29, 0.717) is 6.04 Å². The summed E-state index contributed by atoms with van der Waals surface area (Å²) in [4.78, 5) is 24.0. The second-order valence-corrected chi connectivity index (χ2v) is 7.47. The Morgan fingerprint density at radius 2 is 1.75 bits per heavy atom. The predicted octanol–water partition coefficient (Wildman–Crippen LogP) is 3.15. The summed E-state index contributed by atoms with van der Waals surface area (Å²) in [6, 6.07) is 12.3. The smallest absolute Gasteiger partial charge is 0.255 e. The van der Waals surface area contributed by atoms with Crippen LogP contribution in [0.2, 0.25) is 0 Å². The first-order valence-corrected chi connectivity index (χ1v) is 9.33. The highest BCUT2D eigenvalue weighted by Crippen LogP contribution is 2.32. The normalized spacial score (nSPS) is 23.1. The SMILES string of the molecule is O=C(c1ccccc1Sc1ccncc1)N1CCN2CCC1CC2. The molecule has 1 amide bonds. The molecule has 2 bridgehead atoms. The molecule has 0 spiro atoms. The lowest BCUT2D eigenvalue weighted by molar-refractivity contribution is 0.0681. The van der Waals surface area contributed by atoms with Gasteiger partial charge in [0.1, 0.15) is 0 Å². The molecule has 0 radical (unpaired) electrons. The van der Waals surface area contributed by atoms with Crippen LogP contribution in [0.4, 0.5) is 0 Å². The molecule has 4 nitrogen and oxygen atoms in total. The molecule has 3 saturated heterocycles. The van der Waals surface area contributed by atoms with Gasteiger partial charge >= 0.3 is 0 Å². The van der Waals surface area contributed by atoms with Crippen LogP contribution >= 0.6 is 11.8 Å². The van der Waals surface area contributed by atoms with E-state index in [1.54, 1.807) is 24.2 Å². The molecule has 3 aliphatic heterocycles. The van der Waals surface area contributed by atoms with Crippen LogP contribution < -0.4 is 0 Å². The van der Waals surface area contributed by atoms with Crippen molar-refractivity contribution in [1.82, 2.24) is 14.8 Å². The minimum atomic E-state index is 0.181. The summed E-state index contributed by atoms with van der Waals surface area (Å²) >= 11 is 1.63. The number of carbonyl (C=O) groups is 1. The number of nitrogens with zero attached hydrogens (tertiary/aromatic N) is 3. The van der Waals surface area contributed by atoms with Crippen LogP contribution in [-0.2, 0) is 0 Å². The highest BCUT2D eigenvalue weighted by Gasteiger charge is 2.32. The Labute approximate surface area is 146 Å². The van der Waals surface area contributed by atoms with E-state index >= 15 is 0 Å². The predicted molar refractivity (Wildman–Crippen MR) is 95.3 cm³/mol. The number of pyridine rings is 1. The van der Waals surface area contributed by atoms with Gasteiger partial charge in [0.25, 0.3) is 5.91 Å². The number of hydrogen-bond acceptors (Lipinski definition) is 4. The summed E-state index contributed by atoms with van der Waals surface area (Å²) in [6.07, 6.45) is 5.78. The molecule has 24 heavy (non-hydrogen) atoms. The van der Waals surface area contributed by atoms with Crippen molar-refractivity contribution in [1.29, 1.82) is 0 Å². The van der Waals surface area contributed by atoms with E-state index in [-0.39, 0.29) is 5.91 Å². The van der Waals surface area contributed by atoms with Crippen LogP contribution in [0.5, 0.6) is 0 Å². The minimum absolute atomic E-state index is 0.181. The van der Waals surface area contributed by atoms with Crippen LogP contribution in [0.25, 0.3) is 0 Å². The monoisotopic (exact) mass is 339 g/mol. The van der Waals surface area contributed by atoms with Gasteiger partial charge in [0.15, 0.2) is 0 Å². The molecule has 2 aromatic rings. The third-order valence-electron chi connectivity index (χ3n) is 4.91. The van der Waals surface area contributed by atoms with Crippen LogP contribution in [-0.4, -0.2) is 52.9 Å². The van der Waals surface area contributed by atoms with Crippen molar-refractivity contribution in [2.45, 2.75) is 28.7 Å². The van der Waals surface area contributed by atoms with Gasteiger partial charge in [-0.05, 0) is 37.1 Å². The van der Waals surface area contributed by atoms with Crippen molar-refractivity contribution in [2.24, 2.45) is 0 Å². The fraction of sp³-hybridized carbons (Fsp3) is 0.368. The maximum absolute atomic E-state index is 13.2. The molecule has 5 heteroatoms. The lowest BCUT2D eigenvalue weighted by Crippen LogP contribution is -2.41. The van der Waals surface area contributed by atoms with Gasteiger partial charge in [-0.25, -0.2) is 0 Å². The number of piperidine rings is 1. The van der Waals surface area contributed by atoms with Gasteiger partial charge < -0.3 is 9.80 Å². The summed E-state index contributed by atoms with van der Waals surface area (Å²) in [5.41, 5.74) is 0.819.